The van der Waals surface area contributed by atoms with Crippen molar-refractivity contribution in [2.75, 3.05) is 0 Å². The Labute approximate surface area is 93.7 Å². The molecule has 0 saturated heterocycles. The molecule has 1 atom stereocenters. The summed E-state index contributed by atoms with van der Waals surface area (Å²) in [4.78, 5) is 29.0. The molecule has 1 amide bonds. The Hall–Kier alpha value is -1.16. The standard InChI is InChI=1S/C10H14NO4P/c1-8(12)11-10(16(13,14)15)7-9-5-3-2-4-6-9/h2-6,10H,7H2,1H3,(H,11,12)(H2,13,14,15)/t10-/m1/s1. The minimum atomic E-state index is -4.33. The molecule has 16 heavy (non-hydrogen) atoms. The fourth-order valence-corrected chi connectivity index (χ4v) is 2.12. The number of hydrogen-bond donors (Lipinski definition) is 3. The Bertz CT molecular complexity index is 401. The molecule has 0 aromatic heterocycles. The number of rotatable bonds is 4. The van der Waals surface area contributed by atoms with E-state index < -0.39 is 19.3 Å². The van der Waals surface area contributed by atoms with Crippen molar-refractivity contribution in [1.82, 2.24) is 5.32 Å². The predicted molar refractivity (Wildman–Crippen MR) is 59.8 cm³/mol. The first-order valence-corrected chi connectivity index (χ1v) is 6.44. The second kappa shape index (κ2) is 5.25. The van der Waals surface area contributed by atoms with E-state index in [4.69, 9.17) is 9.79 Å². The van der Waals surface area contributed by atoms with Crippen LogP contribution in [0.25, 0.3) is 0 Å². The van der Waals surface area contributed by atoms with Gasteiger partial charge in [-0.2, -0.15) is 0 Å². The molecule has 0 heterocycles. The molecule has 0 spiro atoms. The van der Waals surface area contributed by atoms with Gasteiger partial charge in [-0.15, -0.1) is 0 Å². The second-order valence-electron chi connectivity index (χ2n) is 3.50. The lowest BCUT2D eigenvalue weighted by Gasteiger charge is -2.19. The van der Waals surface area contributed by atoms with Gasteiger partial charge in [0.05, 0.1) is 0 Å². The lowest BCUT2D eigenvalue weighted by atomic mass is 10.1. The van der Waals surface area contributed by atoms with Crippen LogP contribution >= 0.6 is 7.60 Å². The lowest BCUT2D eigenvalue weighted by molar-refractivity contribution is -0.119. The number of carbonyl (C=O) groups excluding carboxylic acids is 1. The van der Waals surface area contributed by atoms with Gasteiger partial charge in [-0.25, -0.2) is 0 Å². The van der Waals surface area contributed by atoms with E-state index in [-0.39, 0.29) is 6.42 Å². The zero-order valence-electron chi connectivity index (χ0n) is 8.83. The number of hydrogen-bond acceptors (Lipinski definition) is 2. The summed E-state index contributed by atoms with van der Waals surface area (Å²) in [6.45, 7) is 1.23. The van der Waals surface area contributed by atoms with Crippen molar-refractivity contribution >= 4 is 13.5 Å². The second-order valence-corrected chi connectivity index (χ2v) is 5.30. The Morgan fingerprint density at radius 1 is 1.38 bits per heavy atom. The van der Waals surface area contributed by atoms with Crippen LogP contribution in [0.4, 0.5) is 0 Å². The van der Waals surface area contributed by atoms with E-state index in [1.165, 1.54) is 6.92 Å². The molecule has 0 radical (unpaired) electrons. The van der Waals surface area contributed by atoms with Crippen molar-refractivity contribution < 1.29 is 19.1 Å². The van der Waals surface area contributed by atoms with Gasteiger partial charge in [-0.1, -0.05) is 30.3 Å². The highest BCUT2D eigenvalue weighted by molar-refractivity contribution is 7.52. The van der Waals surface area contributed by atoms with Crippen molar-refractivity contribution in [3.05, 3.63) is 35.9 Å². The third-order valence-electron chi connectivity index (χ3n) is 2.05. The van der Waals surface area contributed by atoms with Gasteiger partial charge in [0, 0.05) is 13.3 Å². The molecule has 0 saturated carbocycles. The van der Waals surface area contributed by atoms with Crippen LogP contribution in [0.3, 0.4) is 0 Å². The maximum atomic E-state index is 11.2. The third kappa shape index (κ3) is 4.14. The number of amides is 1. The van der Waals surface area contributed by atoms with E-state index in [1.54, 1.807) is 24.3 Å². The van der Waals surface area contributed by atoms with Gasteiger partial charge in [0.15, 0.2) is 0 Å². The summed E-state index contributed by atoms with van der Waals surface area (Å²) < 4.78 is 11.2. The van der Waals surface area contributed by atoms with Crippen LogP contribution in [-0.2, 0) is 15.8 Å². The molecule has 0 aliphatic carbocycles. The van der Waals surface area contributed by atoms with E-state index in [0.29, 0.717) is 0 Å². The third-order valence-corrected chi connectivity index (χ3v) is 3.17. The van der Waals surface area contributed by atoms with Gasteiger partial charge >= 0.3 is 7.60 Å². The molecule has 1 rings (SSSR count). The summed E-state index contributed by atoms with van der Waals surface area (Å²) >= 11 is 0. The van der Waals surface area contributed by atoms with Gasteiger partial charge < -0.3 is 15.1 Å². The van der Waals surface area contributed by atoms with Crippen molar-refractivity contribution in [2.45, 2.75) is 19.1 Å². The van der Waals surface area contributed by atoms with E-state index in [0.717, 1.165) is 5.56 Å². The zero-order valence-corrected chi connectivity index (χ0v) is 9.72. The van der Waals surface area contributed by atoms with Crippen molar-refractivity contribution in [3.8, 4) is 0 Å². The average Bonchev–Trinajstić information content (AvgIpc) is 2.16. The lowest BCUT2D eigenvalue weighted by Crippen LogP contribution is -2.34. The first-order valence-electron chi connectivity index (χ1n) is 4.76. The quantitative estimate of drug-likeness (QED) is 0.685. The molecule has 0 aliphatic heterocycles. The summed E-state index contributed by atoms with van der Waals surface area (Å²) in [5, 5.41) is 2.27. The number of benzene rings is 1. The Kier molecular flexibility index (Phi) is 4.24. The molecular weight excluding hydrogens is 229 g/mol. The largest absolute Gasteiger partial charge is 0.347 e. The summed E-state index contributed by atoms with van der Waals surface area (Å²) in [5.41, 5.74) is 0.768. The monoisotopic (exact) mass is 243 g/mol. The van der Waals surface area contributed by atoms with Crippen LogP contribution in [0.2, 0.25) is 0 Å². The molecule has 0 bridgehead atoms. The summed E-state index contributed by atoms with van der Waals surface area (Å²) in [6, 6.07) is 8.88. The zero-order chi connectivity index (χ0) is 12.2. The first kappa shape index (κ1) is 12.9. The Balaban J connectivity index is 2.80. The van der Waals surface area contributed by atoms with E-state index >= 15 is 0 Å². The van der Waals surface area contributed by atoms with Crippen LogP contribution in [0.5, 0.6) is 0 Å². The summed E-state index contributed by atoms with van der Waals surface area (Å²) in [6.07, 6.45) is 0.116. The normalized spacial score (nSPS) is 13.2. The molecule has 1 aromatic carbocycles. The molecule has 88 valence electrons. The average molecular weight is 243 g/mol. The van der Waals surface area contributed by atoms with Crippen LogP contribution < -0.4 is 5.32 Å². The van der Waals surface area contributed by atoms with E-state index in [1.807, 2.05) is 6.07 Å². The van der Waals surface area contributed by atoms with Crippen molar-refractivity contribution in [2.24, 2.45) is 0 Å². The van der Waals surface area contributed by atoms with Gasteiger partial charge in [0.1, 0.15) is 5.78 Å². The Morgan fingerprint density at radius 3 is 2.38 bits per heavy atom. The fraction of sp³-hybridized carbons (Fsp3) is 0.300. The number of carbonyl (C=O) groups is 1. The highest BCUT2D eigenvalue weighted by atomic mass is 31.2. The molecular formula is C10H14NO4P. The van der Waals surface area contributed by atoms with E-state index in [9.17, 15) is 9.36 Å². The van der Waals surface area contributed by atoms with Gasteiger partial charge in [-0.05, 0) is 5.56 Å². The highest BCUT2D eigenvalue weighted by Crippen LogP contribution is 2.41. The van der Waals surface area contributed by atoms with Crippen LogP contribution in [0, 0.1) is 0 Å². The van der Waals surface area contributed by atoms with Crippen molar-refractivity contribution in [1.29, 1.82) is 0 Å². The minimum absolute atomic E-state index is 0.116. The summed E-state index contributed by atoms with van der Waals surface area (Å²) in [5.74, 6) is -1.61. The van der Waals surface area contributed by atoms with Crippen molar-refractivity contribution in [3.63, 3.8) is 0 Å². The fourth-order valence-electron chi connectivity index (χ4n) is 1.33. The maximum absolute atomic E-state index is 11.2. The molecule has 3 N–H and O–H groups in total. The smallest absolute Gasteiger partial charge is 0.342 e. The van der Waals surface area contributed by atoms with Gasteiger partial charge in [-0.3, -0.25) is 9.36 Å². The molecule has 0 unspecified atom stereocenters. The van der Waals surface area contributed by atoms with Gasteiger partial charge in [0.2, 0.25) is 5.91 Å². The minimum Gasteiger partial charge on any atom is -0.342 e. The molecule has 5 nitrogen and oxygen atoms in total. The molecule has 1 aromatic rings. The van der Waals surface area contributed by atoms with Crippen LogP contribution in [-0.4, -0.2) is 21.5 Å². The SMILES string of the molecule is CC(=O)N[C@@H](Cc1ccccc1)P(=O)(O)O. The molecule has 0 fully saturated rings. The Morgan fingerprint density at radius 2 is 1.94 bits per heavy atom. The maximum Gasteiger partial charge on any atom is 0.347 e. The summed E-state index contributed by atoms with van der Waals surface area (Å²) in [7, 11) is -4.33. The topological polar surface area (TPSA) is 86.6 Å². The highest BCUT2D eigenvalue weighted by Gasteiger charge is 2.29. The van der Waals surface area contributed by atoms with Crippen LogP contribution in [0.1, 0.15) is 12.5 Å². The van der Waals surface area contributed by atoms with Gasteiger partial charge in [0.25, 0.3) is 0 Å². The first-order chi connectivity index (χ1) is 7.39. The number of nitrogens with one attached hydrogen (secondary N) is 1. The molecule has 0 aliphatic rings. The predicted octanol–water partition coefficient (Wildman–Crippen LogP) is 0.869. The molecule has 6 heteroatoms. The van der Waals surface area contributed by atoms with Crippen LogP contribution in [0.15, 0.2) is 30.3 Å². The van der Waals surface area contributed by atoms with E-state index in [2.05, 4.69) is 5.32 Å².